The fourth-order valence-electron chi connectivity index (χ4n) is 3.64. The summed E-state index contributed by atoms with van der Waals surface area (Å²) in [5.74, 6) is 1.44. The number of hydrogen-bond donors (Lipinski definition) is 2. The number of anilines is 3. The number of para-hydroxylation sites is 1. The largest absolute Gasteiger partial charge is 0.378 e. The van der Waals surface area contributed by atoms with Crippen LogP contribution in [0.3, 0.4) is 0 Å². The summed E-state index contributed by atoms with van der Waals surface area (Å²) in [7, 11) is 0. The first-order valence-corrected chi connectivity index (χ1v) is 11.2. The first-order chi connectivity index (χ1) is 16.8. The van der Waals surface area contributed by atoms with Crippen LogP contribution in [0.5, 0.6) is 0 Å². The van der Waals surface area contributed by atoms with Crippen molar-refractivity contribution in [3.05, 3.63) is 72.2 Å². The molecule has 34 heavy (non-hydrogen) atoms. The smallest absolute Gasteiger partial charge is 0.250 e. The van der Waals surface area contributed by atoms with E-state index in [0.29, 0.717) is 37.6 Å². The molecule has 0 bridgehead atoms. The van der Waals surface area contributed by atoms with Crippen LogP contribution in [0.1, 0.15) is 11.3 Å². The second-order valence-electron chi connectivity index (χ2n) is 7.67. The Kier molecular flexibility index (Phi) is 6.77. The van der Waals surface area contributed by atoms with E-state index in [0.717, 1.165) is 41.7 Å². The van der Waals surface area contributed by atoms with Crippen molar-refractivity contribution in [3.63, 3.8) is 0 Å². The van der Waals surface area contributed by atoms with E-state index in [1.165, 1.54) is 0 Å². The number of morpholine rings is 1. The maximum atomic E-state index is 5.46. The zero-order valence-corrected chi connectivity index (χ0v) is 18.6. The molecule has 0 saturated carbocycles. The third-order valence-electron chi connectivity index (χ3n) is 5.36. The van der Waals surface area contributed by atoms with Crippen molar-refractivity contribution in [2.75, 3.05) is 48.5 Å². The van der Waals surface area contributed by atoms with Gasteiger partial charge in [0.25, 0.3) is 0 Å². The molecule has 1 saturated heterocycles. The van der Waals surface area contributed by atoms with Gasteiger partial charge in [-0.15, -0.1) is 0 Å². The molecule has 172 valence electrons. The van der Waals surface area contributed by atoms with E-state index in [1.54, 1.807) is 18.6 Å². The summed E-state index contributed by atoms with van der Waals surface area (Å²) in [6.07, 6.45) is 6.07. The molecule has 5 rings (SSSR count). The van der Waals surface area contributed by atoms with Crippen molar-refractivity contribution in [2.24, 2.45) is 5.10 Å². The van der Waals surface area contributed by atoms with Crippen molar-refractivity contribution in [1.82, 2.24) is 24.9 Å². The lowest BCUT2D eigenvalue weighted by Gasteiger charge is -2.27. The number of nitrogens with zero attached hydrogens (tertiary/aromatic N) is 7. The van der Waals surface area contributed by atoms with Crippen LogP contribution in [0.2, 0.25) is 0 Å². The number of hydrogen-bond acceptors (Lipinski definition) is 10. The van der Waals surface area contributed by atoms with Crippen LogP contribution in [0.25, 0.3) is 10.9 Å². The van der Waals surface area contributed by atoms with E-state index >= 15 is 0 Å². The highest BCUT2D eigenvalue weighted by atomic mass is 16.5. The van der Waals surface area contributed by atoms with Gasteiger partial charge in [0.05, 0.1) is 24.9 Å². The molecular weight excluding hydrogens is 430 g/mol. The van der Waals surface area contributed by atoms with E-state index < -0.39 is 0 Å². The summed E-state index contributed by atoms with van der Waals surface area (Å²) < 4.78 is 5.46. The van der Waals surface area contributed by atoms with Crippen LogP contribution in [0.15, 0.2) is 66.0 Å². The Bertz CT molecular complexity index is 1250. The Balaban J connectivity index is 1.33. The summed E-state index contributed by atoms with van der Waals surface area (Å²) >= 11 is 0. The molecule has 1 aliphatic heterocycles. The third-order valence-corrected chi connectivity index (χ3v) is 5.36. The van der Waals surface area contributed by atoms with Gasteiger partial charge in [0.2, 0.25) is 17.8 Å². The Morgan fingerprint density at radius 3 is 2.65 bits per heavy atom. The van der Waals surface area contributed by atoms with Crippen LogP contribution in [0.4, 0.5) is 17.8 Å². The second-order valence-corrected chi connectivity index (χ2v) is 7.67. The normalized spacial score (nSPS) is 13.9. The number of aromatic nitrogens is 5. The molecule has 2 N–H and O–H groups in total. The number of nitrogens with one attached hydrogen (secondary N) is 2. The summed E-state index contributed by atoms with van der Waals surface area (Å²) in [6.45, 7) is 3.38. The number of benzene rings is 1. The molecule has 10 nitrogen and oxygen atoms in total. The summed E-state index contributed by atoms with van der Waals surface area (Å²) in [5, 5.41) is 8.69. The topological polar surface area (TPSA) is 113 Å². The van der Waals surface area contributed by atoms with Crippen LogP contribution >= 0.6 is 0 Å². The highest BCUT2D eigenvalue weighted by molar-refractivity contribution is 5.98. The molecule has 3 aromatic heterocycles. The van der Waals surface area contributed by atoms with Gasteiger partial charge in [0, 0.05) is 55.1 Å². The van der Waals surface area contributed by atoms with Crippen LogP contribution in [-0.2, 0) is 11.2 Å². The predicted octanol–water partition coefficient (Wildman–Crippen LogP) is 2.75. The number of fused-ring (bicyclic) bond motifs is 1. The van der Waals surface area contributed by atoms with E-state index in [9.17, 15) is 0 Å². The first kappa shape index (κ1) is 21.7. The fraction of sp³-hybridized carbons (Fsp3) is 0.250. The molecule has 4 aromatic rings. The Morgan fingerprint density at radius 2 is 1.76 bits per heavy atom. The van der Waals surface area contributed by atoms with Crippen LogP contribution < -0.4 is 15.6 Å². The maximum absolute atomic E-state index is 5.46. The minimum Gasteiger partial charge on any atom is -0.378 e. The first-order valence-electron chi connectivity index (χ1n) is 11.2. The maximum Gasteiger partial charge on any atom is 0.250 e. The van der Waals surface area contributed by atoms with E-state index in [4.69, 9.17) is 4.74 Å². The van der Waals surface area contributed by atoms with E-state index in [-0.39, 0.29) is 0 Å². The Labute approximate surface area is 197 Å². The number of rotatable bonds is 8. The standard InChI is InChI=1S/C24H25N9O/c1-2-7-21-20(6-1)18(8-11-26-21)17-28-32-23-29-22(27-12-9-19-5-3-4-10-25-19)30-24(31-23)33-13-15-34-16-14-33/h1-8,10-11,17H,9,12-16H2,(H2,27,29,30,31,32)/b28-17+. The van der Waals surface area contributed by atoms with Gasteiger partial charge >= 0.3 is 0 Å². The molecule has 0 atom stereocenters. The predicted molar refractivity (Wildman–Crippen MR) is 132 cm³/mol. The number of pyridine rings is 2. The second kappa shape index (κ2) is 10.6. The van der Waals surface area contributed by atoms with Crippen molar-refractivity contribution in [3.8, 4) is 0 Å². The highest BCUT2D eigenvalue weighted by Gasteiger charge is 2.16. The van der Waals surface area contributed by atoms with Crippen molar-refractivity contribution in [1.29, 1.82) is 0 Å². The average molecular weight is 456 g/mol. The van der Waals surface area contributed by atoms with Crippen LogP contribution in [-0.4, -0.2) is 64.0 Å². The number of hydrazone groups is 1. The van der Waals surface area contributed by atoms with Crippen molar-refractivity contribution >= 4 is 35.0 Å². The van der Waals surface area contributed by atoms with Gasteiger partial charge in [-0.1, -0.05) is 24.3 Å². The monoisotopic (exact) mass is 455 g/mol. The molecule has 0 spiro atoms. The van der Waals surface area contributed by atoms with Crippen molar-refractivity contribution in [2.45, 2.75) is 6.42 Å². The van der Waals surface area contributed by atoms with Gasteiger partial charge in [0.1, 0.15) is 0 Å². The molecule has 1 aromatic carbocycles. The van der Waals surface area contributed by atoms with E-state index in [1.807, 2.05) is 48.5 Å². The minimum absolute atomic E-state index is 0.367. The summed E-state index contributed by atoms with van der Waals surface area (Å²) in [5.41, 5.74) is 5.84. The molecule has 0 radical (unpaired) electrons. The van der Waals surface area contributed by atoms with Gasteiger partial charge in [-0.2, -0.15) is 20.1 Å². The van der Waals surface area contributed by atoms with Gasteiger partial charge in [-0.25, -0.2) is 5.43 Å². The summed E-state index contributed by atoms with van der Waals surface area (Å²) in [4.78, 5) is 24.5. The average Bonchev–Trinajstić information content (AvgIpc) is 2.90. The SMILES string of the molecule is C(=N\Nc1nc(NCCc2ccccn2)nc(N2CCOCC2)n1)/c1ccnc2ccccc12. The molecule has 10 heteroatoms. The highest BCUT2D eigenvalue weighted by Crippen LogP contribution is 2.16. The van der Waals surface area contributed by atoms with E-state index in [2.05, 4.69) is 45.7 Å². The third kappa shape index (κ3) is 5.41. The zero-order valence-electron chi connectivity index (χ0n) is 18.6. The Morgan fingerprint density at radius 1 is 0.912 bits per heavy atom. The minimum atomic E-state index is 0.367. The van der Waals surface area contributed by atoms with Crippen LogP contribution in [0, 0.1) is 0 Å². The molecule has 1 fully saturated rings. The lowest BCUT2D eigenvalue weighted by molar-refractivity contribution is 0.122. The zero-order chi connectivity index (χ0) is 23.0. The molecule has 4 heterocycles. The Hall–Kier alpha value is -4.18. The van der Waals surface area contributed by atoms with Gasteiger partial charge in [-0.05, 0) is 24.3 Å². The fourth-order valence-corrected chi connectivity index (χ4v) is 3.64. The van der Waals surface area contributed by atoms with Crippen molar-refractivity contribution < 1.29 is 4.74 Å². The van der Waals surface area contributed by atoms with Gasteiger partial charge in [-0.3, -0.25) is 9.97 Å². The lowest BCUT2D eigenvalue weighted by Crippen LogP contribution is -2.37. The summed E-state index contributed by atoms with van der Waals surface area (Å²) in [6, 6.07) is 15.8. The number of ether oxygens (including phenoxy) is 1. The molecule has 0 aliphatic carbocycles. The molecule has 0 unspecified atom stereocenters. The quantitative estimate of drug-likeness (QED) is 0.306. The molecular formula is C24H25N9O. The molecule has 1 aliphatic rings. The van der Waals surface area contributed by atoms with Gasteiger partial charge in [0.15, 0.2) is 0 Å². The molecule has 0 amide bonds. The lowest BCUT2D eigenvalue weighted by atomic mass is 10.1. The van der Waals surface area contributed by atoms with Gasteiger partial charge < -0.3 is 15.0 Å².